The topological polar surface area (TPSA) is 105 Å². The lowest BCUT2D eigenvalue weighted by Gasteiger charge is -2.32. The van der Waals surface area contributed by atoms with Crippen molar-refractivity contribution in [3.05, 3.63) is 48.0 Å². The van der Waals surface area contributed by atoms with Crippen molar-refractivity contribution in [1.29, 1.82) is 0 Å². The molecule has 0 aromatic heterocycles. The molecule has 3 atom stereocenters. The number of benzene rings is 1. The van der Waals surface area contributed by atoms with E-state index in [2.05, 4.69) is 10.6 Å². The molecule has 2 amide bonds. The molecule has 3 rings (SSSR count). The smallest absolute Gasteiger partial charge is 0.309 e. The number of rotatable bonds is 6. The zero-order chi connectivity index (χ0) is 23.7. The first-order chi connectivity index (χ1) is 15.9. The Morgan fingerprint density at radius 1 is 1.15 bits per heavy atom. The largest absolute Gasteiger partial charge is 0.463 e. The van der Waals surface area contributed by atoms with Gasteiger partial charge >= 0.3 is 5.97 Å². The van der Waals surface area contributed by atoms with Gasteiger partial charge in [0.25, 0.3) is 0 Å². The summed E-state index contributed by atoms with van der Waals surface area (Å²) in [7, 11) is 0. The summed E-state index contributed by atoms with van der Waals surface area (Å²) >= 11 is 0. The number of cyclic esters (lactones) is 1. The molecule has 3 N–H and O–H groups in total. The number of carbonyl (C=O) groups is 3. The number of nitrogens with one attached hydrogen (secondary N) is 2. The summed E-state index contributed by atoms with van der Waals surface area (Å²) in [4.78, 5) is 38.5. The van der Waals surface area contributed by atoms with Gasteiger partial charge in [0.05, 0.1) is 24.0 Å². The van der Waals surface area contributed by atoms with Gasteiger partial charge in [-0.05, 0) is 44.6 Å². The van der Waals surface area contributed by atoms with Gasteiger partial charge in [0.1, 0.15) is 6.61 Å². The van der Waals surface area contributed by atoms with Gasteiger partial charge in [-0.3, -0.25) is 14.4 Å². The zero-order valence-corrected chi connectivity index (χ0v) is 19.4. The summed E-state index contributed by atoms with van der Waals surface area (Å²) < 4.78 is 5.77. The third-order valence-corrected chi connectivity index (χ3v) is 6.59. The predicted octanol–water partition coefficient (Wildman–Crippen LogP) is 2.67. The van der Waals surface area contributed by atoms with Crippen LogP contribution in [0.25, 0.3) is 0 Å². The Hall–Kier alpha value is -2.67. The second-order valence-corrected chi connectivity index (χ2v) is 9.47. The van der Waals surface area contributed by atoms with Crippen molar-refractivity contribution in [2.45, 2.75) is 69.9 Å². The van der Waals surface area contributed by atoms with Gasteiger partial charge in [0.15, 0.2) is 0 Å². The summed E-state index contributed by atoms with van der Waals surface area (Å²) in [5, 5.41) is 15.1. The molecular weight excluding hydrogens is 420 g/mol. The first-order valence-electron chi connectivity index (χ1n) is 12.0. The molecule has 0 radical (unpaired) electrons. The SMILES string of the molecule is C[C@H](CO)NC(=O)C[C@H]1CC=CC[C@@H](Cc2ccccc2)C(=O)OCC2(CCCC2)NC1=O. The van der Waals surface area contributed by atoms with Crippen molar-refractivity contribution in [2.24, 2.45) is 11.8 Å². The molecule has 1 aromatic rings. The molecule has 1 aliphatic heterocycles. The average molecular weight is 457 g/mol. The zero-order valence-electron chi connectivity index (χ0n) is 19.4. The van der Waals surface area contributed by atoms with E-state index in [0.29, 0.717) is 19.3 Å². The second-order valence-electron chi connectivity index (χ2n) is 9.47. The summed E-state index contributed by atoms with van der Waals surface area (Å²) in [6.07, 6.45) is 8.81. The molecule has 180 valence electrons. The highest BCUT2D eigenvalue weighted by molar-refractivity contribution is 5.86. The van der Waals surface area contributed by atoms with Crippen molar-refractivity contribution < 1.29 is 24.2 Å². The molecule has 2 aliphatic rings. The molecule has 7 nitrogen and oxygen atoms in total. The van der Waals surface area contributed by atoms with Crippen molar-refractivity contribution in [3.8, 4) is 0 Å². The molecule has 1 aliphatic carbocycles. The van der Waals surface area contributed by atoms with E-state index in [1.165, 1.54) is 0 Å². The summed E-state index contributed by atoms with van der Waals surface area (Å²) in [6.45, 7) is 1.72. The second kappa shape index (κ2) is 12.0. The average Bonchev–Trinajstić information content (AvgIpc) is 3.27. The Morgan fingerprint density at radius 3 is 2.48 bits per heavy atom. The minimum atomic E-state index is -0.569. The highest BCUT2D eigenvalue weighted by Gasteiger charge is 2.39. The van der Waals surface area contributed by atoms with Crippen LogP contribution in [0.5, 0.6) is 0 Å². The number of ether oxygens (including phenoxy) is 1. The lowest BCUT2D eigenvalue weighted by atomic mass is 9.92. The van der Waals surface area contributed by atoms with Crippen LogP contribution < -0.4 is 10.6 Å². The number of esters is 1. The van der Waals surface area contributed by atoms with Gasteiger partial charge in [-0.2, -0.15) is 0 Å². The van der Waals surface area contributed by atoms with E-state index in [1.807, 2.05) is 42.5 Å². The molecule has 33 heavy (non-hydrogen) atoms. The lowest BCUT2D eigenvalue weighted by Crippen LogP contribution is -2.53. The fourth-order valence-corrected chi connectivity index (χ4v) is 4.62. The minimum absolute atomic E-state index is 0.0455. The van der Waals surface area contributed by atoms with Crippen LogP contribution >= 0.6 is 0 Å². The lowest BCUT2D eigenvalue weighted by molar-refractivity contribution is -0.152. The van der Waals surface area contributed by atoms with Crippen LogP contribution in [0.2, 0.25) is 0 Å². The van der Waals surface area contributed by atoms with Crippen LogP contribution in [0, 0.1) is 11.8 Å². The van der Waals surface area contributed by atoms with Crippen LogP contribution in [0.15, 0.2) is 42.5 Å². The highest BCUT2D eigenvalue weighted by Crippen LogP contribution is 2.31. The number of amides is 2. The van der Waals surface area contributed by atoms with Crippen molar-refractivity contribution in [2.75, 3.05) is 13.2 Å². The molecule has 1 heterocycles. The number of aliphatic hydroxyl groups is 1. The maximum atomic E-state index is 13.2. The van der Waals surface area contributed by atoms with Crippen LogP contribution in [0.1, 0.15) is 57.4 Å². The van der Waals surface area contributed by atoms with Gasteiger partial charge in [-0.15, -0.1) is 0 Å². The van der Waals surface area contributed by atoms with Gasteiger partial charge in [0.2, 0.25) is 11.8 Å². The van der Waals surface area contributed by atoms with Crippen LogP contribution in [-0.2, 0) is 25.5 Å². The molecule has 1 saturated carbocycles. The van der Waals surface area contributed by atoms with Gasteiger partial charge in [-0.25, -0.2) is 0 Å². The van der Waals surface area contributed by atoms with E-state index >= 15 is 0 Å². The van der Waals surface area contributed by atoms with Gasteiger partial charge in [0, 0.05) is 12.5 Å². The summed E-state index contributed by atoms with van der Waals surface area (Å²) in [5.41, 5.74) is 0.511. The van der Waals surface area contributed by atoms with E-state index in [9.17, 15) is 19.5 Å². The third kappa shape index (κ3) is 7.42. The van der Waals surface area contributed by atoms with E-state index in [1.54, 1.807) is 6.92 Å². The number of allylic oxidation sites excluding steroid dienone is 2. The summed E-state index contributed by atoms with van der Waals surface area (Å²) in [5.74, 6) is -1.51. The molecule has 0 unspecified atom stereocenters. The van der Waals surface area contributed by atoms with E-state index < -0.39 is 11.5 Å². The van der Waals surface area contributed by atoms with E-state index in [0.717, 1.165) is 31.2 Å². The minimum Gasteiger partial charge on any atom is -0.463 e. The number of hydrogen-bond donors (Lipinski definition) is 3. The Kier molecular flexibility index (Phi) is 9.06. The van der Waals surface area contributed by atoms with Gasteiger partial charge in [-0.1, -0.05) is 55.3 Å². The monoisotopic (exact) mass is 456 g/mol. The van der Waals surface area contributed by atoms with Crippen molar-refractivity contribution in [3.63, 3.8) is 0 Å². The number of carbonyl (C=O) groups excluding carboxylic acids is 3. The van der Waals surface area contributed by atoms with Crippen molar-refractivity contribution in [1.82, 2.24) is 10.6 Å². The number of aliphatic hydroxyl groups excluding tert-OH is 1. The third-order valence-electron chi connectivity index (χ3n) is 6.59. The quantitative estimate of drug-likeness (QED) is 0.451. The normalized spacial score (nSPS) is 24.3. The molecule has 1 aromatic carbocycles. The predicted molar refractivity (Wildman–Crippen MR) is 125 cm³/mol. The molecule has 1 fully saturated rings. The Labute approximate surface area is 196 Å². The Balaban J connectivity index is 1.77. The first-order valence-corrected chi connectivity index (χ1v) is 12.0. The highest BCUT2D eigenvalue weighted by atomic mass is 16.5. The molecule has 1 spiro atoms. The fourth-order valence-electron chi connectivity index (χ4n) is 4.62. The van der Waals surface area contributed by atoms with Gasteiger partial charge < -0.3 is 20.5 Å². The van der Waals surface area contributed by atoms with Crippen LogP contribution in [0.3, 0.4) is 0 Å². The first kappa shape index (κ1) is 25.0. The molecule has 0 saturated heterocycles. The Morgan fingerprint density at radius 2 is 1.82 bits per heavy atom. The number of hydrogen-bond acceptors (Lipinski definition) is 5. The summed E-state index contributed by atoms with van der Waals surface area (Å²) in [6, 6.07) is 9.53. The standard InChI is InChI=1S/C26H36N2O5/c1-19(17-29)27-23(30)16-21-11-5-6-12-22(15-20-9-3-2-4-10-20)25(32)33-18-26(28-24(21)31)13-7-8-14-26/h2-6,9-10,19,21-22,29H,7-8,11-18H2,1H3,(H,27,30)(H,28,31)/t19-,21-,22+/m1/s1. The van der Waals surface area contributed by atoms with Crippen molar-refractivity contribution >= 4 is 17.8 Å². The molecule has 7 heteroatoms. The maximum Gasteiger partial charge on any atom is 0.309 e. The van der Waals surface area contributed by atoms with Crippen LogP contribution in [0.4, 0.5) is 0 Å². The maximum absolute atomic E-state index is 13.2. The molecular formula is C26H36N2O5. The van der Waals surface area contributed by atoms with E-state index in [-0.39, 0.29) is 49.4 Å². The van der Waals surface area contributed by atoms with Crippen LogP contribution in [-0.4, -0.2) is 47.7 Å². The fraction of sp³-hybridized carbons (Fsp3) is 0.577. The Bertz CT molecular complexity index is 832. The molecule has 0 bridgehead atoms. The van der Waals surface area contributed by atoms with E-state index in [4.69, 9.17) is 4.74 Å².